The molecule has 0 fully saturated rings. The Morgan fingerprint density at radius 3 is 2.74 bits per heavy atom. The van der Waals surface area contributed by atoms with E-state index >= 15 is 0 Å². The summed E-state index contributed by atoms with van der Waals surface area (Å²) in [5, 5.41) is 0. The Labute approximate surface area is 136 Å². The molecular weight excluding hydrogens is 314 g/mol. The largest absolute Gasteiger partial charge is 0.497 e. The molecule has 0 bridgehead atoms. The second-order valence-corrected chi connectivity index (χ2v) is 7.16. The highest BCUT2D eigenvalue weighted by molar-refractivity contribution is 7.92. The topological polar surface area (TPSA) is 64.6 Å². The molecule has 0 atom stereocenters. The van der Waals surface area contributed by atoms with Crippen LogP contribution in [0.5, 0.6) is 11.5 Å². The Bertz CT molecular complexity index is 830. The first-order valence-corrected chi connectivity index (χ1v) is 8.91. The minimum absolute atomic E-state index is 0.243. The third-order valence-corrected chi connectivity index (χ3v) is 5.37. The van der Waals surface area contributed by atoms with Gasteiger partial charge in [0.25, 0.3) is 10.0 Å². The average Bonchev–Trinajstić information content (AvgIpc) is 2.54. The summed E-state index contributed by atoms with van der Waals surface area (Å²) in [6.45, 7) is 2.46. The van der Waals surface area contributed by atoms with Crippen molar-refractivity contribution in [2.45, 2.75) is 24.7 Å². The Morgan fingerprint density at radius 2 is 2.00 bits per heavy atom. The normalized spacial score (nSPS) is 13.8. The second kappa shape index (κ2) is 6.12. The number of aryl methyl sites for hydroxylation is 2. The van der Waals surface area contributed by atoms with Crippen LogP contribution >= 0.6 is 0 Å². The van der Waals surface area contributed by atoms with Crippen LogP contribution < -0.4 is 14.2 Å². The van der Waals surface area contributed by atoms with E-state index in [2.05, 4.69) is 4.72 Å². The lowest BCUT2D eigenvalue weighted by atomic mass is 10.1. The van der Waals surface area contributed by atoms with E-state index in [9.17, 15) is 8.42 Å². The third kappa shape index (κ3) is 3.27. The lowest BCUT2D eigenvalue weighted by Gasteiger charge is -2.18. The second-order valence-electron chi connectivity index (χ2n) is 5.51. The summed E-state index contributed by atoms with van der Waals surface area (Å²) in [6.07, 6.45) is 1.84. The van der Waals surface area contributed by atoms with Crippen molar-refractivity contribution in [2.75, 3.05) is 18.4 Å². The zero-order valence-electron chi connectivity index (χ0n) is 13.1. The number of rotatable bonds is 4. The summed E-state index contributed by atoms with van der Waals surface area (Å²) in [6, 6.07) is 10.3. The number of hydrogen-bond acceptors (Lipinski definition) is 4. The van der Waals surface area contributed by atoms with E-state index in [1.807, 2.05) is 12.1 Å². The molecule has 5 nitrogen and oxygen atoms in total. The van der Waals surface area contributed by atoms with Crippen molar-refractivity contribution < 1.29 is 17.9 Å². The molecule has 23 heavy (non-hydrogen) atoms. The molecule has 0 saturated carbocycles. The summed E-state index contributed by atoms with van der Waals surface area (Å²) in [4.78, 5) is 0.243. The van der Waals surface area contributed by atoms with Gasteiger partial charge in [-0.1, -0.05) is 0 Å². The predicted molar refractivity (Wildman–Crippen MR) is 88.8 cm³/mol. The van der Waals surface area contributed by atoms with Gasteiger partial charge in [-0.3, -0.25) is 4.72 Å². The molecule has 0 unspecified atom stereocenters. The first-order valence-electron chi connectivity index (χ1n) is 7.43. The van der Waals surface area contributed by atoms with Crippen LogP contribution in [0, 0.1) is 6.92 Å². The zero-order chi connectivity index (χ0) is 16.4. The van der Waals surface area contributed by atoms with Crippen molar-refractivity contribution >= 4 is 15.7 Å². The van der Waals surface area contributed by atoms with Gasteiger partial charge in [-0.15, -0.1) is 0 Å². The van der Waals surface area contributed by atoms with Crippen LogP contribution in [0.15, 0.2) is 41.3 Å². The monoisotopic (exact) mass is 333 g/mol. The van der Waals surface area contributed by atoms with E-state index in [1.54, 1.807) is 38.3 Å². The number of ether oxygens (including phenoxy) is 2. The Kier molecular flexibility index (Phi) is 4.17. The Balaban J connectivity index is 1.89. The molecule has 2 aromatic rings. The molecule has 3 rings (SSSR count). The third-order valence-electron chi connectivity index (χ3n) is 3.83. The molecule has 0 radical (unpaired) electrons. The van der Waals surface area contributed by atoms with Gasteiger partial charge < -0.3 is 9.47 Å². The van der Waals surface area contributed by atoms with Crippen LogP contribution in [-0.4, -0.2) is 22.1 Å². The van der Waals surface area contributed by atoms with Crippen molar-refractivity contribution in [3.8, 4) is 11.5 Å². The van der Waals surface area contributed by atoms with Crippen molar-refractivity contribution in [3.63, 3.8) is 0 Å². The van der Waals surface area contributed by atoms with Gasteiger partial charge in [0, 0.05) is 5.69 Å². The Hall–Kier alpha value is -2.21. The number of fused-ring (bicyclic) bond motifs is 1. The van der Waals surface area contributed by atoms with Gasteiger partial charge in [-0.2, -0.15) is 0 Å². The fourth-order valence-electron chi connectivity index (χ4n) is 2.68. The van der Waals surface area contributed by atoms with Crippen LogP contribution in [-0.2, 0) is 16.4 Å². The van der Waals surface area contributed by atoms with Gasteiger partial charge in [0.05, 0.1) is 18.6 Å². The zero-order valence-corrected chi connectivity index (χ0v) is 13.9. The summed E-state index contributed by atoms with van der Waals surface area (Å²) in [7, 11) is -2.09. The molecule has 0 saturated heterocycles. The fourth-order valence-corrected chi connectivity index (χ4v) is 3.96. The highest BCUT2D eigenvalue weighted by Gasteiger charge is 2.19. The van der Waals surface area contributed by atoms with Crippen molar-refractivity contribution in [2.24, 2.45) is 0 Å². The molecule has 1 N–H and O–H groups in total. The van der Waals surface area contributed by atoms with E-state index < -0.39 is 10.0 Å². The molecule has 2 aromatic carbocycles. The maximum Gasteiger partial charge on any atom is 0.262 e. The van der Waals surface area contributed by atoms with Crippen molar-refractivity contribution in [1.29, 1.82) is 0 Å². The highest BCUT2D eigenvalue weighted by atomic mass is 32.2. The maximum absolute atomic E-state index is 12.6. The molecular formula is C17H19NO4S. The summed E-state index contributed by atoms with van der Waals surface area (Å²) in [5.74, 6) is 1.47. The molecule has 0 amide bonds. The Morgan fingerprint density at radius 1 is 1.17 bits per heavy atom. The molecule has 122 valence electrons. The molecule has 1 heterocycles. The molecule has 1 aliphatic rings. The van der Waals surface area contributed by atoms with Crippen LogP contribution in [0.25, 0.3) is 0 Å². The van der Waals surface area contributed by atoms with Gasteiger partial charge in [0.1, 0.15) is 11.5 Å². The highest BCUT2D eigenvalue weighted by Crippen LogP contribution is 2.29. The van der Waals surface area contributed by atoms with Gasteiger partial charge in [0.2, 0.25) is 0 Å². The molecule has 6 heteroatoms. The number of sulfonamides is 1. The number of nitrogens with one attached hydrogen (secondary N) is 1. The van der Waals surface area contributed by atoms with E-state index in [1.165, 1.54) is 0 Å². The number of hydrogen-bond donors (Lipinski definition) is 1. The van der Waals surface area contributed by atoms with E-state index in [-0.39, 0.29) is 4.90 Å². The van der Waals surface area contributed by atoms with Gasteiger partial charge in [-0.05, 0) is 67.3 Å². The van der Waals surface area contributed by atoms with Gasteiger partial charge >= 0.3 is 0 Å². The van der Waals surface area contributed by atoms with Crippen LogP contribution in [0.1, 0.15) is 17.5 Å². The lowest BCUT2D eigenvalue weighted by molar-refractivity contribution is 0.288. The summed E-state index contributed by atoms with van der Waals surface area (Å²) in [5.41, 5.74) is 2.21. The SMILES string of the molecule is COc1ccc(S(=O)(=O)Nc2ccc3c(c2)CCCO3)c(C)c1. The average molecular weight is 333 g/mol. The number of methoxy groups -OCH3 is 1. The quantitative estimate of drug-likeness (QED) is 0.933. The molecule has 1 aliphatic heterocycles. The maximum atomic E-state index is 12.6. The standard InChI is InChI=1S/C17H19NO4S/c1-12-10-15(21-2)6-8-17(12)23(19,20)18-14-5-7-16-13(11-14)4-3-9-22-16/h5-8,10-11,18H,3-4,9H2,1-2H3. The molecule has 0 aromatic heterocycles. The van der Waals surface area contributed by atoms with Crippen molar-refractivity contribution in [1.82, 2.24) is 0 Å². The number of benzene rings is 2. The van der Waals surface area contributed by atoms with Crippen LogP contribution in [0.4, 0.5) is 5.69 Å². The first kappa shape index (κ1) is 15.7. The fraction of sp³-hybridized carbons (Fsp3) is 0.294. The summed E-state index contributed by atoms with van der Waals surface area (Å²) >= 11 is 0. The summed E-state index contributed by atoms with van der Waals surface area (Å²) < 4.78 is 38.5. The predicted octanol–water partition coefficient (Wildman–Crippen LogP) is 3.13. The lowest BCUT2D eigenvalue weighted by Crippen LogP contribution is -2.15. The van der Waals surface area contributed by atoms with Crippen molar-refractivity contribution in [3.05, 3.63) is 47.5 Å². The van der Waals surface area contributed by atoms with E-state index in [0.717, 1.165) is 24.2 Å². The number of anilines is 1. The first-order chi connectivity index (χ1) is 11.0. The molecule has 0 spiro atoms. The minimum Gasteiger partial charge on any atom is -0.497 e. The van der Waals surface area contributed by atoms with Gasteiger partial charge in [0.15, 0.2) is 0 Å². The van der Waals surface area contributed by atoms with Gasteiger partial charge in [-0.25, -0.2) is 8.42 Å². The smallest absolute Gasteiger partial charge is 0.262 e. The molecule has 0 aliphatic carbocycles. The minimum atomic E-state index is -3.64. The van der Waals surface area contributed by atoms with E-state index in [4.69, 9.17) is 9.47 Å². The van der Waals surface area contributed by atoms with E-state index in [0.29, 0.717) is 23.6 Å². The van der Waals surface area contributed by atoms with Crippen LogP contribution in [0.2, 0.25) is 0 Å². The van der Waals surface area contributed by atoms with Crippen LogP contribution in [0.3, 0.4) is 0 Å².